The molecule has 0 spiro atoms. The van der Waals surface area contributed by atoms with E-state index in [1.54, 1.807) is 30.2 Å². The molecule has 0 N–H and O–H groups in total. The second kappa shape index (κ2) is 6.82. The van der Waals surface area contributed by atoms with E-state index in [9.17, 15) is 9.59 Å². The Balaban J connectivity index is 1.73. The Morgan fingerprint density at radius 1 is 1.26 bits per heavy atom. The number of morpholine rings is 1. The number of thioether (sulfide) groups is 1. The molecule has 5 nitrogen and oxygen atoms in total. The van der Waals surface area contributed by atoms with E-state index in [0.29, 0.717) is 41.1 Å². The molecule has 0 bridgehead atoms. The maximum atomic E-state index is 12.4. The van der Waals surface area contributed by atoms with Crippen molar-refractivity contribution in [1.29, 1.82) is 0 Å². The number of hydrogen-bond acceptors (Lipinski definition) is 5. The Hall–Kier alpha value is -1.70. The molecule has 0 atom stereocenters. The fourth-order valence-electron chi connectivity index (χ4n) is 2.37. The number of rotatable bonds is 2. The zero-order valence-corrected chi connectivity index (χ0v) is 14.3. The summed E-state index contributed by atoms with van der Waals surface area (Å²) in [7, 11) is 1.67. The molecule has 1 aromatic rings. The van der Waals surface area contributed by atoms with E-state index in [0.717, 1.165) is 5.56 Å². The van der Waals surface area contributed by atoms with E-state index in [1.165, 1.54) is 16.7 Å². The van der Waals surface area contributed by atoms with Crippen molar-refractivity contribution in [1.82, 2.24) is 9.80 Å². The number of carbonyl (C=O) groups is 2. The van der Waals surface area contributed by atoms with Crippen molar-refractivity contribution in [3.63, 3.8) is 0 Å². The number of amides is 2. The highest BCUT2D eigenvalue weighted by molar-refractivity contribution is 8.26. The smallest absolute Gasteiger partial charge is 0.265 e. The monoisotopic (exact) mass is 348 g/mol. The second-order valence-electron chi connectivity index (χ2n) is 5.27. The summed E-state index contributed by atoms with van der Waals surface area (Å²) < 4.78 is 5.81. The molecule has 23 heavy (non-hydrogen) atoms. The average molecular weight is 348 g/mol. The molecule has 7 heteroatoms. The molecule has 2 fully saturated rings. The zero-order chi connectivity index (χ0) is 16.4. The molecule has 3 rings (SSSR count). The number of likely N-dealkylation sites (N-methyl/N-ethyl adjacent to an activating group) is 1. The quantitative estimate of drug-likeness (QED) is 0.604. The van der Waals surface area contributed by atoms with Crippen LogP contribution in [0.3, 0.4) is 0 Å². The molecule has 2 saturated heterocycles. The molecule has 120 valence electrons. The lowest BCUT2D eigenvalue weighted by atomic mass is 10.1. The third kappa shape index (κ3) is 3.46. The lowest BCUT2D eigenvalue weighted by Crippen LogP contribution is -2.40. The fourth-order valence-corrected chi connectivity index (χ4v) is 3.55. The molecule has 0 radical (unpaired) electrons. The predicted molar refractivity (Wildman–Crippen MR) is 94.1 cm³/mol. The van der Waals surface area contributed by atoms with Gasteiger partial charge in [-0.25, -0.2) is 0 Å². The molecular formula is C16H16N2O3S2. The molecule has 2 heterocycles. The van der Waals surface area contributed by atoms with Crippen molar-refractivity contribution in [2.24, 2.45) is 0 Å². The van der Waals surface area contributed by atoms with Crippen LogP contribution in [0.4, 0.5) is 0 Å². The van der Waals surface area contributed by atoms with Crippen LogP contribution >= 0.6 is 24.0 Å². The lowest BCUT2D eigenvalue weighted by Gasteiger charge is -2.26. The Bertz CT molecular complexity index is 679. The largest absolute Gasteiger partial charge is 0.378 e. The Labute approximate surface area is 144 Å². The van der Waals surface area contributed by atoms with Gasteiger partial charge in [0.2, 0.25) is 0 Å². The maximum absolute atomic E-state index is 12.4. The van der Waals surface area contributed by atoms with Gasteiger partial charge in [0.05, 0.1) is 18.1 Å². The first-order chi connectivity index (χ1) is 11.1. The minimum absolute atomic E-state index is 0.0136. The van der Waals surface area contributed by atoms with Crippen molar-refractivity contribution in [3.8, 4) is 0 Å². The van der Waals surface area contributed by atoms with Crippen molar-refractivity contribution in [2.45, 2.75) is 0 Å². The summed E-state index contributed by atoms with van der Waals surface area (Å²) in [5, 5.41) is 0. The summed E-state index contributed by atoms with van der Waals surface area (Å²) in [6, 6.07) is 7.26. The summed E-state index contributed by atoms with van der Waals surface area (Å²) in [4.78, 5) is 28.2. The lowest BCUT2D eigenvalue weighted by molar-refractivity contribution is -0.121. The third-order valence-electron chi connectivity index (χ3n) is 3.74. The summed E-state index contributed by atoms with van der Waals surface area (Å²) >= 11 is 6.40. The van der Waals surface area contributed by atoms with Gasteiger partial charge in [0.15, 0.2) is 0 Å². The standard InChI is InChI=1S/C16H16N2O3S2/c1-17-15(20)13(23-16(17)22)10-11-2-4-12(5-3-11)14(19)18-6-8-21-9-7-18/h2-5,10H,6-9H2,1H3. The minimum Gasteiger partial charge on any atom is -0.378 e. The summed E-state index contributed by atoms with van der Waals surface area (Å²) in [5.74, 6) is -0.0757. The van der Waals surface area contributed by atoms with E-state index in [1.807, 2.05) is 12.1 Å². The highest BCUT2D eigenvalue weighted by atomic mass is 32.2. The molecule has 2 aliphatic heterocycles. The van der Waals surface area contributed by atoms with Gasteiger partial charge in [-0.15, -0.1) is 0 Å². The molecule has 0 aromatic heterocycles. The van der Waals surface area contributed by atoms with Gasteiger partial charge in [-0.2, -0.15) is 0 Å². The van der Waals surface area contributed by atoms with Gasteiger partial charge in [0.1, 0.15) is 4.32 Å². The van der Waals surface area contributed by atoms with Crippen molar-refractivity contribution < 1.29 is 14.3 Å². The van der Waals surface area contributed by atoms with Crippen LogP contribution in [-0.4, -0.2) is 59.3 Å². The van der Waals surface area contributed by atoms with Crippen LogP contribution in [0, 0.1) is 0 Å². The second-order valence-corrected chi connectivity index (χ2v) is 6.94. The normalized spacial score (nSPS) is 20.5. The number of hydrogen-bond donors (Lipinski definition) is 0. The van der Waals surface area contributed by atoms with Crippen LogP contribution in [0.5, 0.6) is 0 Å². The fraction of sp³-hybridized carbons (Fsp3) is 0.312. The van der Waals surface area contributed by atoms with E-state index in [4.69, 9.17) is 17.0 Å². The molecule has 0 aliphatic carbocycles. The Morgan fingerprint density at radius 2 is 1.91 bits per heavy atom. The van der Waals surface area contributed by atoms with E-state index in [2.05, 4.69) is 0 Å². The van der Waals surface area contributed by atoms with Gasteiger partial charge in [-0.3, -0.25) is 14.5 Å². The Kier molecular flexibility index (Phi) is 4.79. The highest BCUT2D eigenvalue weighted by Gasteiger charge is 2.28. The summed E-state index contributed by atoms with van der Waals surface area (Å²) in [5.41, 5.74) is 1.52. The zero-order valence-electron chi connectivity index (χ0n) is 12.7. The average Bonchev–Trinajstić information content (AvgIpc) is 2.83. The van der Waals surface area contributed by atoms with Gasteiger partial charge in [0, 0.05) is 25.7 Å². The van der Waals surface area contributed by atoms with Crippen LogP contribution in [0.15, 0.2) is 29.2 Å². The topological polar surface area (TPSA) is 49.9 Å². The third-order valence-corrected chi connectivity index (χ3v) is 5.22. The van der Waals surface area contributed by atoms with Crippen molar-refractivity contribution >= 4 is 46.2 Å². The molecule has 1 aromatic carbocycles. The first-order valence-corrected chi connectivity index (χ1v) is 8.47. The summed E-state index contributed by atoms with van der Waals surface area (Å²) in [6.07, 6.45) is 1.80. The van der Waals surface area contributed by atoms with E-state index < -0.39 is 0 Å². The number of nitrogens with zero attached hydrogens (tertiary/aromatic N) is 2. The number of thiocarbonyl (C=S) groups is 1. The first kappa shape index (κ1) is 16.2. The number of benzene rings is 1. The van der Waals surface area contributed by atoms with Crippen LogP contribution in [-0.2, 0) is 9.53 Å². The number of carbonyl (C=O) groups excluding carboxylic acids is 2. The van der Waals surface area contributed by atoms with Gasteiger partial charge < -0.3 is 9.64 Å². The van der Waals surface area contributed by atoms with Crippen molar-refractivity contribution in [2.75, 3.05) is 33.4 Å². The molecular weight excluding hydrogens is 332 g/mol. The number of ether oxygens (including phenoxy) is 1. The first-order valence-electron chi connectivity index (χ1n) is 7.25. The van der Waals surface area contributed by atoms with Gasteiger partial charge in [-0.05, 0) is 23.8 Å². The van der Waals surface area contributed by atoms with Gasteiger partial charge in [-0.1, -0.05) is 36.1 Å². The van der Waals surface area contributed by atoms with E-state index >= 15 is 0 Å². The van der Waals surface area contributed by atoms with Crippen molar-refractivity contribution in [3.05, 3.63) is 40.3 Å². The van der Waals surface area contributed by atoms with Gasteiger partial charge in [0.25, 0.3) is 11.8 Å². The SMILES string of the molecule is CN1C(=O)C(=Cc2ccc(C(=O)N3CCOCC3)cc2)SC1=S. The molecule has 2 aliphatic rings. The van der Waals surface area contributed by atoms with Crippen LogP contribution in [0.25, 0.3) is 6.08 Å². The maximum Gasteiger partial charge on any atom is 0.265 e. The molecule has 2 amide bonds. The van der Waals surface area contributed by atoms with Crippen LogP contribution in [0.1, 0.15) is 15.9 Å². The Morgan fingerprint density at radius 3 is 2.48 bits per heavy atom. The van der Waals surface area contributed by atoms with E-state index in [-0.39, 0.29) is 11.8 Å². The van der Waals surface area contributed by atoms with Crippen LogP contribution < -0.4 is 0 Å². The molecule has 0 saturated carbocycles. The van der Waals surface area contributed by atoms with Crippen LogP contribution in [0.2, 0.25) is 0 Å². The molecule has 0 unspecified atom stereocenters. The van der Waals surface area contributed by atoms with Gasteiger partial charge >= 0.3 is 0 Å². The minimum atomic E-state index is -0.0894. The highest BCUT2D eigenvalue weighted by Crippen LogP contribution is 2.31. The summed E-state index contributed by atoms with van der Waals surface area (Å²) in [6.45, 7) is 2.42. The predicted octanol–water partition coefficient (Wildman–Crippen LogP) is 1.99.